The van der Waals surface area contributed by atoms with Gasteiger partial charge in [0.05, 0.1) is 10.8 Å². The third kappa shape index (κ3) is 4.87. The van der Waals surface area contributed by atoms with E-state index in [1.54, 1.807) is 25.1 Å². The zero-order valence-corrected chi connectivity index (χ0v) is 16.9. The average Bonchev–Trinajstić information content (AvgIpc) is 2.67. The third-order valence-electron chi connectivity index (χ3n) is 4.32. The van der Waals surface area contributed by atoms with Gasteiger partial charge in [-0.1, -0.05) is 62.0 Å². The summed E-state index contributed by atoms with van der Waals surface area (Å²) in [6, 6.07) is 13.9. The molecular formula is C21H20F3N3OS. The van der Waals surface area contributed by atoms with E-state index in [0.29, 0.717) is 11.1 Å². The summed E-state index contributed by atoms with van der Waals surface area (Å²) in [5.74, 6) is -1.30. The molecule has 4 nitrogen and oxygen atoms in total. The monoisotopic (exact) mass is 419 g/mol. The van der Waals surface area contributed by atoms with E-state index in [2.05, 4.69) is 15.3 Å². The highest BCUT2D eigenvalue weighted by Crippen LogP contribution is 2.34. The summed E-state index contributed by atoms with van der Waals surface area (Å²) in [5, 5.41) is 2.83. The zero-order chi connectivity index (χ0) is 21.2. The number of halogens is 3. The van der Waals surface area contributed by atoms with Gasteiger partial charge < -0.3 is 5.32 Å². The lowest BCUT2D eigenvalue weighted by atomic mass is 10.0. The molecular weight excluding hydrogens is 399 g/mol. The van der Waals surface area contributed by atoms with Gasteiger partial charge in [-0.15, -0.1) is 0 Å². The maximum atomic E-state index is 13.2. The molecule has 1 aromatic heterocycles. The van der Waals surface area contributed by atoms with Crippen molar-refractivity contribution in [3.05, 3.63) is 59.9 Å². The van der Waals surface area contributed by atoms with Crippen LogP contribution in [0.5, 0.6) is 0 Å². The van der Waals surface area contributed by atoms with Crippen molar-refractivity contribution in [3.63, 3.8) is 0 Å². The van der Waals surface area contributed by atoms with E-state index in [4.69, 9.17) is 0 Å². The summed E-state index contributed by atoms with van der Waals surface area (Å²) >= 11 is 0.982. The fourth-order valence-electron chi connectivity index (χ4n) is 2.83. The lowest BCUT2D eigenvalue weighted by Gasteiger charge is -2.17. The molecule has 0 aliphatic rings. The van der Waals surface area contributed by atoms with E-state index in [1.165, 1.54) is 6.07 Å². The molecule has 2 aromatic carbocycles. The van der Waals surface area contributed by atoms with Gasteiger partial charge in [-0.3, -0.25) is 4.79 Å². The number of thioether (sulfide) groups is 1. The van der Waals surface area contributed by atoms with Crippen LogP contribution in [0.2, 0.25) is 0 Å². The minimum absolute atomic E-state index is 0.128. The fourth-order valence-corrected chi connectivity index (χ4v) is 3.77. The van der Waals surface area contributed by atoms with Crippen molar-refractivity contribution < 1.29 is 18.0 Å². The number of rotatable bonds is 5. The highest BCUT2D eigenvalue weighted by Gasteiger charge is 2.36. The van der Waals surface area contributed by atoms with E-state index in [9.17, 15) is 18.0 Å². The number of carbonyl (C=O) groups excluding carboxylic acids is 1. The van der Waals surface area contributed by atoms with Gasteiger partial charge in [0.15, 0.2) is 0 Å². The predicted molar refractivity (Wildman–Crippen MR) is 109 cm³/mol. The number of anilines is 1. The average molecular weight is 419 g/mol. The lowest BCUT2D eigenvalue weighted by molar-refractivity contribution is -0.145. The molecule has 0 saturated carbocycles. The van der Waals surface area contributed by atoms with Crippen LogP contribution in [-0.2, 0) is 11.0 Å². The second kappa shape index (κ2) is 8.41. The molecule has 1 amide bonds. The van der Waals surface area contributed by atoms with Gasteiger partial charge in [-0.25, -0.2) is 9.97 Å². The topological polar surface area (TPSA) is 54.9 Å². The summed E-state index contributed by atoms with van der Waals surface area (Å²) in [4.78, 5) is 20.0. The Hall–Kier alpha value is -2.61. The maximum absolute atomic E-state index is 13.2. The standard InChI is InChI=1S/C21H20F3N3OS/c1-12(2)14-8-4-6-10-16(14)25-18(28)13(3)29-19-15-9-5-7-11-17(15)26-20(27-19)21(22,23)24/h4-13H,1-3H3,(H,25,28)/t13-/m0/s1. The number of para-hydroxylation sites is 2. The van der Waals surface area contributed by atoms with Crippen molar-refractivity contribution in [1.82, 2.24) is 9.97 Å². The second-order valence-corrected chi connectivity index (χ2v) is 8.19. The molecule has 0 saturated heterocycles. The lowest BCUT2D eigenvalue weighted by Crippen LogP contribution is -2.23. The number of carbonyl (C=O) groups is 1. The van der Waals surface area contributed by atoms with E-state index in [1.807, 2.05) is 38.1 Å². The molecule has 1 atom stereocenters. The maximum Gasteiger partial charge on any atom is 0.451 e. The number of hydrogen-bond donors (Lipinski definition) is 1. The zero-order valence-electron chi connectivity index (χ0n) is 16.1. The summed E-state index contributed by atoms with van der Waals surface area (Å²) in [6.07, 6.45) is -4.67. The molecule has 0 unspecified atom stereocenters. The number of amides is 1. The van der Waals surface area contributed by atoms with Crippen LogP contribution in [0.3, 0.4) is 0 Å². The molecule has 152 valence electrons. The van der Waals surface area contributed by atoms with Crippen LogP contribution in [0.25, 0.3) is 10.9 Å². The summed E-state index contributed by atoms with van der Waals surface area (Å²) < 4.78 is 39.6. The van der Waals surface area contributed by atoms with Crippen LogP contribution < -0.4 is 5.32 Å². The third-order valence-corrected chi connectivity index (χ3v) is 5.42. The highest BCUT2D eigenvalue weighted by atomic mass is 32.2. The van der Waals surface area contributed by atoms with E-state index in [-0.39, 0.29) is 22.4 Å². The number of hydrogen-bond acceptors (Lipinski definition) is 4. The SMILES string of the molecule is CC(C)c1ccccc1NC(=O)[C@H](C)Sc1nc(C(F)(F)F)nc2ccccc12. The first-order valence-corrected chi connectivity index (χ1v) is 9.95. The van der Waals surface area contributed by atoms with Crippen LogP contribution in [0.1, 0.15) is 38.1 Å². The summed E-state index contributed by atoms with van der Waals surface area (Å²) in [7, 11) is 0. The van der Waals surface area contributed by atoms with Crippen LogP contribution >= 0.6 is 11.8 Å². The molecule has 0 bridgehead atoms. The molecule has 0 fully saturated rings. The van der Waals surface area contributed by atoms with E-state index >= 15 is 0 Å². The number of nitrogens with one attached hydrogen (secondary N) is 1. The minimum Gasteiger partial charge on any atom is -0.325 e. The Labute approximate surface area is 170 Å². The molecule has 0 spiro atoms. The quantitative estimate of drug-likeness (QED) is 0.414. The van der Waals surface area contributed by atoms with Crippen LogP contribution in [0.4, 0.5) is 18.9 Å². The first-order chi connectivity index (χ1) is 13.7. The Morgan fingerprint density at radius 1 is 1.00 bits per heavy atom. The normalized spacial score (nSPS) is 12.9. The number of alkyl halides is 3. The van der Waals surface area contributed by atoms with E-state index < -0.39 is 17.3 Å². The van der Waals surface area contributed by atoms with Gasteiger partial charge in [0.1, 0.15) is 5.03 Å². The number of fused-ring (bicyclic) bond motifs is 1. The molecule has 29 heavy (non-hydrogen) atoms. The van der Waals surface area contributed by atoms with Crippen molar-refractivity contribution in [3.8, 4) is 0 Å². The van der Waals surface area contributed by atoms with Crippen molar-refractivity contribution in [1.29, 1.82) is 0 Å². The fraction of sp³-hybridized carbons (Fsp3) is 0.286. The van der Waals surface area contributed by atoms with Crippen molar-refractivity contribution >= 4 is 34.3 Å². The Balaban J connectivity index is 1.88. The van der Waals surface area contributed by atoms with Crippen molar-refractivity contribution in [2.24, 2.45) is 0 Å². The van der Waals surface area contributed by atoms with Crippen LogP contribution in [-0.4, -0.2) is 21.1 Å². The molecule has 1 heterocycles. The van der Waals surface area contributed by atoms with Crippen molar-refractivity contribution in [2.75, 3.05) is 5.32 Å². The molecule has 3 aromatic rings. The second-order valence-electron chi connectivity index (χ2n) is 6.86. The first-order valence-electron chi connectivity index (χ1n) is 9.07. The predicted octanol–water partition coefficient (Wildman–Crippen LogP) is 5.89. The van der Waals surface area contributed by atoms with Gasteiger partial charge in [0.25, 0.3) is 0 Å². The van der Waals surface area contributed by atoms with Gasteiger partial charge in [0, 0.05) is 11.1 Å². The number of aromatic nitrogens is 2. The Bertz CT molecular complexity index is 1040. The van der Waals surface area contributed by atoms with Crippen LogP contribution in [0.15, 0.2) is 53.6 Å². The summed E-state index contributed by atoms with van der Waals surface area (Å²) in [5.41, 5.74) is 1.88. The molecule has 3 rings (SSSR count). The van der Waals surface area contributed by atoms with Gasteiger partial charge in [-0.05, 0) is 30.5 Å². The molecule has 0 aliphatic carbocycles. The summed E-state index contributed by atoms with van der Waals surface area (Å²) in [6.45, 7) is 5.69. The Morgan fingerprint density at radius 3 is 2.34 bits per heavy atom. The Morgan fingerprint density at radius 2 is 1.66 bits per heavy atom. The molecule has 8 heteroatoms. The van der Waals surface area contributed by atoms with Gasteiger partial charge in [0.2, 0.25) is 11.7 Å². The van der Waals surface area contributed by atoms with Crippen molar-refractivity contribution in [2.45, 2.75) is 43.1 Å². The molecule has 0 aliphatic heterocycles. The minimum atomic E-state index is -4.67. The first kappa shape index (κ1) is 21.1. The van der Waals surface area contributed by atoms with Gasteiger partial charge >= 0.3 is 6.18 Å². The Kier molecular flexibility index (Phi) is 6.12. The van der Waals surface area contributed by atoms with Crippen LogP contribution in [0, 0.1) is 0 Å². The molecule has 1 N–H and O–H groups in total. The smallest absolute Gasteiger partial charge is 0.325 e. The van der Waals surface area contributed by atoms with Gasteiger partial charge in [-0.2, -0.15) is 13.2 Å². The molecule has 0 radical (unpaired) electrons. The largest absolute Gasteiger partial charge is 0.451 e. The number of nitrogens with zero attached hydrogens (tertiary/aromatic N) is 2. The van der Waals surface area contributed by atoms with E-state index in [0.717, 1.165) is 17.3 Å². The highest BCUT2D eigenvalue weighted by molar-refractivity contribution is 8.00. The number of benzene rings is 2.